The van der Waals surface area contributed by atoms with Gasteiger partial charge in [-0.05, 0) is 47.6 Å². The highest BCUT2D eigenvalue weighted by Gasteiger charge is 2.24. The number of hydrogen-bond donors (Lipinski definition) is 2. The van der Waals surface area contributed by atoms with Crippen LogP contribution in [0.15, 0.2) is 24.3 Å². The molecule has 0 aliphatic heterocycles. The summed E-state index contributed by atoms with van der Waals surface area (Å²) in [7, 11) is 0. The van der Waals surface area contributed by atoms with Crippen molar-refractivity contribution in [2.45, 2.75) is 65.3 Å². The Morgan fingerprint density at radius 1 is 1.11 bits per heavy atom. The van der Waals surface area contributed by atoms with Gasteiger partial charge in [0.05, 0.1) is 11.7 Å². The van der Waals surface area contributed by atoms with E-state index in [1.54, 1.807) is 0 Å². The van der Waals surface area contributed by atoms with Gasteiger partial charge in [0.15, 0.2) is 0 Å². The van der Waals surface area contributed by atoms with E-state index in [1.165, 1.54) is 0 Å². The lowest BCUT2D eigenvalue weighted by Gasteiger charge is -2.30. The first kappa shape index (κ1) is 16.0. The molecule has 2 unspecified atom stereocenters. The smallest absolute Gasteiger partial charge is 0.124 e. The highest BCUT2D eigenvalue weighted by atomic mass is 16.5. The topological polar surface area (TPSA) is 41.5 Å². The number of ether oxygens (including phenoxy) is 1. The Bertz CT molecular complexity index is 396. The number of aliphatic hydroxyl groups is 1. The Labute approximate surface area is 117 Å². The van der Waals surface area contributed by atoms with Gasteiger partial charge in [0, 0.05) is 17.6 Å². The molecular weight excluding hydrogens is 238 g/mol. The first-order valence-corrected chi connectivity index (χ1v) is 6.95. The predicted molar refractivity (Wildman–Crippen MR) is 79.5 cm³/mol. The average molecular weight is 265 g/mol. The average Bonchev–Trinajstić information content (AvgIpc) is 2.27. The summed E-state index contributed by atoms with van der Waals surface area (Å²) in [6.45, 7) is 11.7. The molecule has 108 valence electrons. The van der Waals surface area contributed by atoms with Gasteiger partial charge in [-0.2, -0.15) is 0 Å². The normalized spacial score (nSPS) is 15.4. The van der Waals surface area contributed by atoms with Crippen molar-refractivity contribution in [2.24, 2.45) is 0 Å². The second-order valence-electron chi connectivity index (χ2n) is 5.97. The summed E-state index contributed by atoms with van der Waals surface area (Å²) < 4.78 is 5.83. The van der Waals surface area contributed by atoms with Gasteiger partial charge >= 0.3 is 0 Å². The molecule has 0 saturated carbocycles. The van der Waals surface area contributed by atoms with Gasteiger partial charge in [0.2, 0.25) is 0 Å². The molecule has 0 aliphatic rings. The standard InChI is InChI=1S/C16H27NO2/c1-11(2)19-15-10-8-7-9-14(15)12(3)17-13(4)16(5,6)18/h7-13,17-18H,1-6H3. The summed E-state index contributed by atoms with van der Waals surface area (Å²) in [6, 6.07) is 8.16. The summed E-state index contributed by atoms with van der Waals surface area (Å²) in [6.07, 6.45) is 0.153. The number of nitrogens with one attached hydrogen (secondary N) is 1. The maximum atomic E-state index is 10.0. The van der Waals surface area contributed by atoms with E-state index in [1.807, 2.05) is 52.8 Å². The van der Waals surface area contributed by atoms with Crippen molar-refractivity contribution in [1.82, 2.24) is 5.32 Å². The van der Waals surface area contributed by atoms with E-state index < -0.39 is 5.60 Å². The van der Waals surface area contributed by atoms with Crippen molar-refractivity contribution >= 4 is 0 Å². The minimum atomic E-state index is -0.748. The zero-order valence-corrected chi connectivity index (χ0v) is 12.9. The minimum absolute atomic E-state index is 0.00499. The molecule has 3 heteroatoms. The maximum Gasteiger partial charge on any atom is 0.124 e. The van der Waals surface area contributed by atoms with Crippen molar-refractivity contribution in [2.75, 3.05) is 0 Å². The van der Waals surface area contributed by atoms with E-state index in [0.717, 1.165) is 11.3 Å². The van der Waals surface area contributed by atoms with Crippen molar-refractivity contribution in [3.8, 4) is 5.75 Å². The van der Waals surface area contributed by atoms with E-state index >= 15 is 0 Å². The Morgan fingerprint density at radius 3 is 2.21 bits per heavy atom. The van der Waals surface area contributed by atoms with Crippen LogP contribution in [0.3, 0.4) is 0 Å². The van der Waals surface area contributed by atoms with Crippen molar-refractivity contribution in [3.05, 3.63) is 29.8 Å². The highest BCUT2D eigenvalue weighted by Crippen LogP contribution is 2.26. The molecule has 0 spiro atoms. The van der Waals surface area contributed by atoms with Gasteiger partial charge in [-0.15, -0.1) is 0 Å². The monoisotopic (exact) mass is 265 g/mol. The molecule has 2 N–H and O–H groups in total. The Morgan fingerprint density at radius 2 is 1.68 bits per heavy atom. The maximum absolute atomic E-state index is 10.0. The van der Waals surface area contributed by atoms with Crippen LogP contribution in [-0.2, 0) is 0 Å². The molecule has 0 bridgehead atoms. The van der Waals surface area contributed by atoms with Crippen LogP contribution in [0.25, 0.3) is 0 Å². The van der Waals surface area contributed by atoms with Gasteiger partial charge in [0.25, 0.3) is 0 Å². The van der Waals surface area contributed by atoms with Gasteiger partial charge in [0.1, 0.15) is 5.75 Å². The van der Waals surface area contributed by atoms with Gasteiger partial charge < -0.3 is 15.2 Å². The lowest BCUT2D eigenvalue weighted by atomic mass is 9.98. The van der Waals surface area contributed by atoms with Gasteiger partial charge in [-0.3, -0.25) is 0 Å². The largest absolute Gasteiger partial charge is 0.491 e. The number of para-hydroxylation sites is 1. The fourth-order valence-electron chi connectivity index (χ4n) is 1.87. The zero-order valence-electron chi connectivity index (χ0n) is 12.9. The summed E-state index contributed by atoms with van der Waals surface area (Å²) in [5.41, 5.74) is 0.370. The molecule has 0 heterocycles. The van der Waals surface area contributed by atoms with Crippen molar-refractivity contribution in [3.63, 3.8) is 0 Å². The summed E-state index contributed by atoms with van der Waals surface area (Å²) in [5.74, 6) is 0.903. The molecule has 2 atom stereocenters. The van der Waals surface area contributed by atoms with Crippen LogP contribution in [0.1, 0.15) is 53.1 Å². The van der Waals surface area contributed by atoms with Crippen LogP contribution < -0.4 is 10.1 Å². The van der Waals surface area contributed by atoms with E-state index in [9.17, 15) is 5.11 Å². The predicted octanol–water partition coefficient (Wildman–Crippen LogP) is 3.28. The van der Waals surface area contributed by atoms with Crippen LogP contribution in [0.5, 0.6) is 5.75 Å². The Kier molecular flexibility index (Phi) is 5.39. The minimum Gasteiger partial charge on any atom is -0.491 e. The van der Waals surface area contributed by atoms with Crippen molar-refractivity contribution < 1.29 is 9.84 Å². The molecule has 0 aliphatic carbocycles. The lowest BCUT2D eigenvalue weighted by molar-refractivity contribution is 0.0403. The number of rotatable bonds is 6. The second kappa shape index (κ2) is 6.40. The van der Waals surface area contributed by atoms with Crippen LogP contribution in [0.4, 0.5) is 0 Å². The first-order valence-electron chi connectivity index (χ1n) is 6.95. The summed E-state index contributed by atoms with van der Waals surface area (Å²) >= 11 is 0. The number of benzene rings is 1. The molecular formula is C16H27NO2. The van der Waals surface area contributed by atoms with Crippen LogP contribution in [0, 0.1) is 0 Å². The third-order valence-corrected chi connectivity index (χ3v) is 3.31. The highest BCUT2D eigenvalue weighted by molar-refractivity contribution is 5.35. The SMILES string of the molecule is CC(C)Oc1ccccc1C(C)NC(C)C(C)(C)O. The molecule has 0 saturated heterocycles. The van der Waals surface area contributed by atoms with E-state index in [0.29, 0.717) is 0 Å². The van der Waals surface area contributed by atoms with Crippen molar-refractivity contribution in [1.29, 1.82) is 0 Å². The van der Waals surface area contributed by atoms with E-state index in [-0.39, 0.29) is 18.2 Å². The first-order chi connectivity index (χ1) is 8.71. The lowest BCUT2D eigenvalue weighted by Crippen LogP contribution is -2.45. The third-order valence-electron chi connectivity index (χ3n) is 3.31. The molecule has 19 heavy (non-hydrogen) atoms. The quantitative estimate of drug-likeness (QED) is 0.829. The second-order valence-corrected chi connectivity index (χ2v) is 5.97. The summed E-state index contributed by atoms with van der Waals surface area (Å²) in [5, 5.41) is 13.4. The van der Waals surface area contributed by atoms with Gasteiger partial charge in [-0.25, -0.2) is 0 Å². The fourth-order valence-corrected chi connectivity index (χ4v) is 1.87. The number of hydrogen-bond acceptors (Lipinski definition) is 3. The summed E-state index contributed by atoms with van der Waals surface area (Å²) in [4.78, 5) is 0. The van der Waals surface area contributed by atoms with E-state index in [2.05, 4.69) is 18.3 Å². The molecule has 0 radical (unpaired) electrons. The fraction of sp³-hybridized carbons (Fsp3) is 0.625. The molecule has 1 aromatic carbocycles. The molecule has 0 aromatic heterocycles. The van der Waals surface area contributed by atoms with Crippen LogP contribution >= 0.6 is 0 Å². The molecule has 1 rings (SSSR count). The third kappa shape index (κ3) is 4.84. The van der Waals surface area contributed by atoms with Crippen LogP contribution in [0.2, 0.25) is 0 Å². The van der Waals surface area contributed by atoms with Crippen LogP contribution in [-0.4, -0.2) is 22.9 Å². The zero-order chi connectivity index (χ0) is 14.6. The molecule has 0 fully saturated rings. The Hall–Kier alpha value is -1.06. The Balaban J connectivity index is 2.84. The van der Waals surface area contributed by atoms with E-state index in [4.69, 9.17) is 4.74 Å². The molecule has 3 nitrogen and oxygen atoms in total. The molecule has 0 amide bonds. The molecule has 1 aromatic rings. The van der Waals surface area contributed by atoms with Gasteiger partial charge in [-0.1, -0.05) is 18.2 Å².